The third-order valence-corrected chi connectivity index (χ3v) is 4.43. The monoisotopic (exact) mass is 337 g/mol. The average Bonchev–Trinajstić information content (AvgIpc) is 2.41. The number of allylic oxidation sites excluding steroid dienone is 1. The zero-order valence-electron chi connectivity index (χ0n) is 16.8. The molecule has 2 saturated heterocycles. The van der Waals surface area contributed by atoms with Crippen LogP contribution >= 0.6 is 0 Å². The highest BCUT2D eigenvalue weighted by Gasteiger charge is 2.35. The SMILES string of the molecule is CC(C)(C)C1CCC(=O)NC1=O.[2H]C1(C(C)(C)C)CCC(=C)NC1=O. The molecule has 2 atom stereocenters. The van der Waals surface area contributed by atoms with E-state index in [4.69, 9.17) is 1.37 Å². The number of imide groups is 1. The molecule has 2 rings (SSSR count). The minimum absolute atomic E-state index is 0.0183. The normalized spacial score (nSPS) is 29.1. The van der Waals surface area contributed by atoms with Gasteiger partial charge in [-0.05, 0) is 30.1 Å². The molecule has 5 nitrogen and oxygen atoms in total. The predicted molar refractivity (Wildman–Crippen MR) is 94.8 cm³/mol. The number of hydrogen-bond donors (Lipinski definition) is 2. The Kier molecular flexibility index (Phi) is 5.83. The van der Waals surface area contributed by atoms with Gasteiger partial charge in [-0.25, -0.2) is 0 Å². The summed E-state index contributed by atoms with van der Waals surface area (Å²) in [7, 11) is 0. The van der Waals surface area contributed by atoms with Crippen LogP contribution in [0.3, 0.4) is 0 Å². The lowest BCUT2D eigenvalue weighted by molar-refractivity contribution is -0.139. The molecule has 24 heavy (non-hydrogen) atoms. The maximum Gasteiger partial charge on any atom is 0.230 e. The van der Waals surface area contributed by atoms with Gasteiger partial charge >= 0.3 is 0 Å². The Morgan fingerprint density at radius 1 is 0.917 bits per heavy atom. The quantitative estimate of drug-likeness (QED) is 0.667. The molecule has 2 N–H and O–H groups in total. The first-order valence-corrected chi connectivity index (χ1v) is 8.51. The van der Waals surface area contributed by atoms with Crippen molar-refractivity contribution in [2.45, 2.75) is 67.2 Å². The number of carbonyl (C=O) groups excluding carboxylic acids is 3. The van der Waals surface area contributed by atoms with Crippen molar-refractivity contribution in [3.8, 4) is 0 Å². The Morgan fingerprint density at radius 3 is 1.92 bits per heavy atom. The first kappa shape index (κ1) is 18.7. The molecule has 0 saturated carbocycles. The summed E-state index contributed by atoms with van der Waals surface area (Å²) in [6.45, 7) is 15.5. The van der Waals surface area contributed by atoms with E-state index in [9.17, 15) is 14.4 Å². The minimum Gasteiger partial charge on any atom is -0.330 e. The summed E-state index contributed by atoms with van der Waals surface area (Å²) in [4.78, 5) is 33.7. The lowest BCUT2D eigenvalue weighted by Gasteiger charge is -2.33. The van der Waals surface area contributed by atoms with Gasteiger partial charge in [0.05, 0.1) is 0 Å². The molecule has 2 heterocycles. The first-order valence-electron chi connectivity index (χ1n) is 9.01. The second kappa shape index (κ2) is 7.49. The Morgan fingerprint density at radius 2 is 1.50 bits per heavy atom. The standard InChI is InChI=1S/C10H17NO.C9H15NO2/c1-7-5-6-8(9(12)11-7)10(2,3)4;1-9(2,3)6-4-5-7(11)10-8(6)12/h8H,1,5-6H2,2-4H3,(H,11,12);6H,4-5H2,1-3H3,(H,10,11,12)/i8D;. The number of carbonyl (C=O) groups is 3. The summed E-state index contributed by atoms with van der Waals surface area (Å²) < 4.78 is 8.11. The van der Waals surface area contributed by atoms with Gasteiger partial charge in [-0.3, -0.25) is 19.7 Å². The van der Waals surface area contributed by atoms with E-state index < -0.39 is 5.89 Å². The van der Waals surface area contributed by atoms with Crippen molar-refractivity contribution < 1.29 is 15.8 Å². The van der Waals surface area contributed by atoms with Crippen LogP contribution in [-0.4, -0.2) is 17.7 Å². The molecular weight excluding hydrogens is 304 g/mol. The van der Waals surface area contributed by atoms with E-state index in [2.05, 4.69) is 17.2 Å². The molecule has 0 spiro atoms. The van der Waals surface area contributed by atoms with E-state index in [0.717, 1.165) is 5.70 Å². The fourth-order valence-corrected chi connectivity index (χ4v) is 2.92. The first-order chi connectivity index (χ1) is 11.2. The van der Waals surface area contributed by atoms with Gasteiger partial charge in [0.2, 0.25) is 17.7 Å². The van der Waals surface area contributed by atoms with Crippen LogP contribution in [0.5, 0.6) is 0 Å². The van der Waals surface area contributed by atoms with E-state index >= 15 is 0 Å². The van der Waals surface area contributed by atoms with Crippen LogP contribution in [0.4, 0.5) is 0 Å². The number of rotatable bonds is 0. The van der Waals surface area contributed by atoms with E-state index in [1.165, 1.54) is 0 Å². The van der Waals surface area contributed by atoms with Gasteiger partial charge in [-0.15, -0.1) is 0 Å². The summed E-state index contributed by atoms with van der Waals surface area (Å²) in [6.07, 6.45) is 2.45. The second-order valence-corrected chi connectivity index (χ2v) is 8.66. The highest BCUT2D eigenvalue weighted by molar-refractivity contribution is 5.98. The zero-order chi connectivity index (χ0) is 19.6. The predicted octanol–water partition coefficient (Wildman–Crippen LogP) is 3.16. The summed E-state index contributed by atoms with van der Waals surface area (Å²) in [5.74, 6) is -1.49. The molecule has 3 amide bonds. The van der Waals surface area contributed by atoms with Crippen LogP contribution in [-0.2, 0) is 14.4 Å². The number of amides is 3. The molecule has 0 aromatic carbocycles. The number of nitrogens with one attached hydrogen (secondary N) is 2. The van der Waals surface area contributed by atoms with Crippen molar-refractivity contribution in [2.75, 3.05) is 0 Å². The minimum atomic E-state index is -1.01. The summed E-state index contributed by atoms with van der Waals surface area (Å²) in [6, 6.07) is 0. The molecule has 5 heteroatoms. The van der Waals surface area contributed by atoms with Crippen molar-refractivity contribution in [1.82, 2.24) is 10.6 Å². The highest BCUT2D eigenvalue weighted by Crippen LogP contribution is 2.33. The fourth-order valence-electron chi connectivity index (χ4n) is 2.92. The molecular formula is C19H32N2O3. The van der Waals surface area contributed by atoms with Crippen LogP contribution in [0.25, 0.3) is 0 Å². The summed E-state index contributed by atoms with van der Waals surface area (Å²) >= 11 is 0. The van der Waals surface area contributed by atoms with Gasteiger partial charge in [-0.1, -0.05) is 48.1 Å². The van der Waals surface area contributed by atoms with Crippen LogP contribution in [0.1, 0.15) is 68.6 Å². The molecule has 0 aromatic heterocycles. The molecule has 2 unspecified atom stereocenters. The average molecular weight is 337 g/mol. The lowest BCUT2D eigenvalue weighted by Crippen LogP contribution is -2.45. The van der Waals surface area contributed by atoms with Crippen molar-refractivity contribution in [3.63, 3.8) is 0 Å². The maximum atomic E-state index is 11.6. The molecule has 0 bridgehead atoms. The van der Waals surface area contributed by atoms with Crippen LogP contribution in [0.15, 0.2) is 12.3 Å². The molecule has 2 fully saturated rings. The molecule has 0 radical (unpaired) electrons. The Bertz CT molecular complexity index is 572. The van der Waals surface area contributed by atoms with E-state index in [0.29, 0.717) is 25.7 Å². The fraction of sp³-hybridized carbons (Fsp3) is 0.737. The largest absolute Gasteiger partial charge is 0.330 e. The van der Waals surface area contributed by atoms with Crippen molar-refractivity contribution >= 4 is 17.7 Å². The third kappa shape index (κ3) is 5.77. The summed E-state index contributed by atoms with van der Waals surface area (Å²) in [5, 5.41) is 5.01. The molecule has 2 aliphatic rings. The zero-order valence-corrected chi connectivity index (χ0v) is 15.8. The van der Waals surface area contributed by atoms with Crippen LogP contribution in [0, 0.1) is 22.6 Å². The van der Waals surface area contributed by atoms with Gasteiger partial charge in [0.15, 0.2) is 0 Å². The van der Waals surface area contributed by atoms with E-state index in [1.807, 2.05) is 41.5 Å². The molecule has 136 valence electrons. The molecule has 0 aliphatic carbocycles. The van der Waals surface area contributed by atoms with Gasteiger partial charge in [-0.2, -0.15) is 0 Å². The Hall–Kier alpha value is -1.65. The van der Waals surface area contributed by atoms with Gasteiger partial charge in [0, 0.05) is 25.3 Å². The maximum absolute atomic E-state index is 11.6. The van der Waals surface area contributed by atoms with Crippen molar-refractivity contribution in [1.29, 1.82) is 0 Å². The van der Waals surface area contributed by atoms with Crippen molar-refractivity contribution in [2.24, 2.45) is 22.6 Å². The molecule has 0 aromatic rings. The topological polar surface area (TPSA) is 75.3 Å². The number of hydrogen-bond acceptors (Lipinski definition) is 3. The molecule has 2 aliphatic heterocycles. The van der Waals surface area contributed by atoms with Crippen LogP contribution < -0.4 is 10.6 Å². The summed E-state index contributed by atoms with van der Waals surface area (Å²) in [5.41, 5.74) is 0.375. The Labute approximate surface area is 147 Å². The van der Waals surface area contributed by atoms with E-state index in [1.54, 1.807) is 0 Å². The lowest BCUT2D eigenvalue weighted by atomic mass is 9.76. The third-order valence-electron chi connectivity index (χ3n) is 4.43. The highest BCUT2D eigenvalue weighted by atomic mass is 16.2. The Balaban J connectivity index is 0.000000251. The second-order valence-electron chi connectivity index (χ2n) is 8.66. The van der Waals surface area contributed by atoms with Gasteiger partial charge in [0.1, 0.15) is 0 Å². The smallest absolute Gasteiger partial charge is 0.230 e. The van der Waals surface area contributed by atoms with Gasteiger partial charge in [0.25, 0.3) is 0 Å². The van der Waals surface area contributed by atoms with E-state index in [-0.39, 0.29) is 34.5 Å². The van der Waals surface area contributed by atoms with Crippen LogP contribution in [0.2, 0.25) is 0 Å². The number of piperidine rings is 2. The van der Waals surface area contributed by atoms with Gasteiger partial charge < -0.3 is 5.32 Å². The van der Waals surface area contributed by atoms with Crippen molar-refractivity contribution in [3.05, 3.63) is 12.3 Å².